The van der Waals surface area contributed by atoms with Crippen LogP contribution in [0.25, 0.3) is 0 Å². The summed E-state index contributed by atoms with van der Waals surface area (Å²) in [6, 6.07) is 3.53. The standard InChI is InChI=1S/C19H22F2N4O3/c1-24-10-13(16(23-24)18(20)21)19(26)25-7-8-27-15-5-4-14(25)17(15)28-11-12-3-2-6-22-9-12/h2-3,6,9-10,14-15,17-18H,4-5,7-8,11H2,1H3/t14-,15-,17+/m0/s1. The third kappa shape index (κ3) is 3.64. The van der Waals surface area contributed by atoms with Gasteiger partial charge in [-0.3, -0.25) is 14.5 Å². The van der Waals surface area contributed by atoms with Crippen LogP contribution >= 0.6 is 0 Å². The summed E-state index contributed by atoms with van der Waals surface area (Å²) in [5.74, 6) is -0.450. The highest BCUT2D eigenvalue weighted by atomic mass is 19.3. The maximum Gasteiger partial charge on any atom is 0.282 e. The summed E-state index contributed by atoms with van der Waals surface area (Å²) in [4.78, 5) is 18.8. The average Bonchev–Trinajstić information content (AvgIpc) is 3.20. The fourth-order valence-corrected chi connectivity index (χ4v) is 4.02. The zero-order valence-corrected chi connectivity index (χ0v) is 15.5. The highest BCUT2D eigenvalue weighted by Crippen LogP contribution is 2.34. The molecule has 0 spiro atoms. The molecule has 28 heavy (non-hydrogen) atoms. The lowest BCUT2D eigenvalue weighted by molar-refractivity contribution is -0.0598. The summed E-state index contributed by atoms with van der Waals surface area (Å²) in [5, 5.41) is 3.76. The molecule has 0 radical (unpaired) electrons. The van der Waals surface area contributed by atoms with Gasteiger partial charge in [0.2, 0.25) is 0 Å². The molecule has 1 saturated heterocycles. The Morgan fingerprint density at radius 3 is 3.04 bits per heavy atom. The Labute approximate surface area is 161 Å². The van der Waals surface area contributed by atoms with Crippen LogP contribution in [-0.4, -0.2) is 57.0 Å². The molecule has 0 N–H and O–H groups in total. The first-order valence-electron chi connectivity index (χ1n) is 9.29. The molecule has 1 aliphatic carbocycles. The van der Waals surface area contributed by atoms with Gasteiger partial charge in [-0.2, -0.15) is 5.10 Å². The second-order valence-electron chi connectivity index (χ2n) is 7.09. The number of nitrogens with zero attached hydrogens (tertiary/aromatic N) is 4. The van der Waals surface area contributed by atoms with Gasteiger partial charge < -0.3 is 14.4 Å². The molecular weight excluding hydrogens is 370 g/mol. The lowest BCUT2D eigenvalue weighted by Crippen LogP contribution is -2.46. The molecule has 2 aromatic heterocycles. The fraction of sp³-hybridized carbons (Fsp3) is 0.526. The maximum atomic E-state index is 13.3. The first-order valence-corrected chi connectivity index (χ1v) is 9.29. The van der Waals surface area contributed by atoms with E-state index >= 15 is 0 Å². The van der Waals surface area contributed by atoms with Crippen molar-refractivity contribution in [3.05, 3.63) is 47.5 Å². The van der Waals surface area contributed by atoms with Crippen LogP contribution in [-0.2, 0) is 23.1 Å². The van der Waals surface area contributed by atoms with Crippen molar-refractivity contribution in [2.75, 3.05) is 13.2 Å². The Balaban J connectivity index is 1.55. The number of rotatable bonds is 5. The minimum absolute atomic E-state index is 0.0612. The largest absolute Gasteiger partial charge is 0.374 e. The van der Waals surface area contributed by atoms with Crippen LogP contribution in [0.2, 0.25) is 0 Å². The van der Waals surface area contributed by atoms with Gasteiger partial charge in [-0.05, 0) is 24.5 Å². The lowest BCUT2D eigenvalue weighted by Gasteiger charge is -2.31. The van der Waals surface area contributed by atoms with E-state index in [2.05, 4.69) is 10.1 Å². The SMILES string of the molecule is Cn1cc(C(=O)N2CCO[C@H]3CC[C@H]2[C@H]3OCc2cccnc2)c(C(F)F)n1. The van der Waals surface area contributed by atoms with Crippen LogP contribution in [0.1, 0.15) is 40.9 Å². The Morgan fingerprint density at radius 2 is 2.29 bits per heavy atom. The number of fused-ring (bicyclic) bond motifs is 2. The van der Waals surface area contributed by atoms with Crippen molar-refractivity contribution in [2.24, 2.45) is 7.05 Å². The van der Waals surface area contributed by atoms with E-state index in [9.17, 15) is 13.6 Å². The third-order valence-electron chi connectivity index (χ3n) is 5.28. The van der Waals surface area contributed by atoms with Gasteiger partial charge in [0, 0.05) is 32.2 Å². The number of hydrogen-bond acceptors (Lipinski definition) is 5. The molecule has 4 rings (SSSR count). The maximum absolute atomic E-state index is 13.3. The molecule has 3 heterocycles. The van der Waals surface area contributed by atoms with Crippen molar-refractivity contribution in [3.63, 3.8) is 0 Å². The summed E-state index contributed by atoms with van der Waals surface area (Å²) in [5.41, 5.74) is 0.380. The number of ether oxygens (including phenoxy) is 2. The minimum Gasteiger partial charge on any atom is -0.374 e. The molecule has 0 unspecified atom stereocenters. The Morgan fingerprint density at radius 1 is 1.43 bits per heavy atom. The molecule has 1 amide bonds. The van der Waals surface area contributed by atoms with E-state index in [0.717, 1.165) is 12.0 Å². The van der Waals surface area contributed by atoms with E-state index in [1.807, 2.05) is 12.1 Å². The van der Waals surface area contributed by atoms with Crippen LogP contribution in [0.15, 0.2) is 30.7 Å². The zero-order valence-electron chi connectivity index (χ0n) is 15.5. The van der Waals surface area contributed by atoms with Crippen LogP contribution in [0.4, 0.5) is 8.78 Å². The van der Waals surface area contributed by atoms with Crippen molar-refractivity contribution in [1.82, 2.24) is 19.7 Å². The molecule has 2 aromatic rings. The number of alkyl halides is 2. The van der Waals surface area contributed by atoms with Crippen molar-refractivity contribution < 1.29 is 23.0 Å². The van der Waals surface area contributed by atoms with Crippen molar-refractivity contribution in [2.45, 2.75) is 44.1 Å². The molecule has 3 atom stereocenters. The summed E-state index contributed by atoms with van der Waals surface area (Å²) in [6.45, 7) is 1.04. The van der Waals surface area contributed by atoms with Crippen LogP contribution in [0.5, 0.6) is 0 Å². The van der Waals surface area contributed by atoms with Gasteiger partial charge in [-0.15, -0.1) is 0 Å². The molecule has 7 nitrogen and oxygen atoms in total. The van der Waals surface area contributed by atoms with Gasteiger partial charge in [-0.1, -0.05) is 6.07 Å². The number of carbonyl (C=O) groups excluding carboxylic acids is 1. The average molecular weight is 392 g/mol. The van der Waals surface area contributed by atoms with Crippen LogP contribution in [0.3, 0.4) is 0 Å². The summed E-state index contributed by atoms with van der Waals surface area (Å²) < 4.78 is 39.9. The molecule has 9 heteroatoms. The number of aryl methyl sites for hydroxylation is 1. The van der Waals surface area contributed by atoms with E-state index < -0.39 is 18.0 Å². The van der Waals surface area contributed by atoms with E-state index in [0.29, 0.717) is 26.2 Å². The number of hydrogen-bond donors (Lipinski definition) is 0. The number of halogens is 2. The second kappa shape index (κ2) is 7.92. The first kappa shape index (κ1) is 18.9. The topological polar surface area (TPSA) is 69.5 Å². The van der Waals surface area contributed by atoms with Gasteiger partial charge in [0.25, 0.3) is 12.3 Å². The van der Waals surface area contributed by atoms with Crippen molar-refractivity contribution >= 4 is 5.91 Å². The van der Waals surface area contributed by atoms with Gasteiger partial charge in [0.15, 0.2) is 0 Å². The molecule has 0 aromatic carbocycles. The monoisotopic (exact) mass is 392 g/mol. The molecular formula is C19H22F2N4O3. The quantitative estimate of drug-likeness (QED) is 0.781. The van der Waals surface area contributed by atoms with Crippen molar-refractivity contribution in [1.29, 1.82) is 0 Å². The fourth-order valence-electron chi connectivity index (χ4n) is 4.02. The molecule has 1 saturated carbocycles. The number of pyridine rings is 1. The molecule has 150 valence electrons. The van der Waals surface area contributed by atoms with E-state index in [1.54, 1.807) is 17.3 Å². The van der Waals surface area contributed by atoms with Gasteiger partial charge in [0.1, 0.15) is 11.8 Å². The summed E-state index contributed by atoms with van der Waals surface area (Å²) in [6.07, 6.45) is 3.02. The molecule has 2 bridgehead atoms. The predicted octanol–water partition coefficient (Wildman–Crippen LogP) is 2.34. The van der Waals surface area contributed by atoms with E-state index in [1.165, 1.54) is 17.9 Å². The van der Waals surface area contributed by atoms with Gasteiger partial charge in [0.05, 0.1) is 30.9 Å². The Bertz CT molecular complexity index is 830. The summed E-state index contributed by atoms with van der Waals surface area (Å²) >= 11 is 0. The third-order valence-corrected chi connectivity index (χ3v) is 5.28. The Kier molecular flexibility index (Phi) is 5.36. The Hall–Kier alpha value is -2.39. The van der Waals surface area contributed by atoms with E-state index in [-0.39, 0.29) is 23.8 Å². The molecule has 2 aliphatic rings. The normalized spacial score (nSPS) is 24.6. The highest BCUT2D eigenvalue weighted by Gasteiger charge is 2.45. The van der Waals surface area contributed by atoms with Crippen LogP contribution < -0.4 is 0 Å². The van der Waals surface area contributed by atoms with Gasteiger partial charge >= 0.3 is 0 Å². The molecule has 1 aliphatic heterocycles. The van der Waals surface area contributed by atoms with Crippen molar-refractivity contribution in [3.8, 4) is 0 Å². The molecule has 2 fully saturated rings. The second-order valence-corrected chi connectivity index (χ2v) is 7.09. The number of amides is 1. The predicted molar refractivity (Wildman–Crippen MR) is 94.8 cm³/mol. The zero-order chi connectivity index (χ0) is 19.7. The van der Waals surface area contributed by atoms with Gasteiger partial charge in [-0.25, -0.2) is 8.78 Å². The minimum atomic E-state index is -2.81. The summed E-state index contributed by atoms with van der Waals surface area (Å²) in [7, 11) is 1.53. The number of aromatic nitrogens is 3. The highest BCUT2D eigenvalue weighted by molar-refractivity contribution is 5.95. The number of carbonyl (C=O) groups is 1. The lowest BCUT2D eigenvalue weighted by atomic mass is 10.1. The first-order chi connectivity index (χ1) is 13.5. The smallest absolute Gasteiger partial charge is 0.282 e. The van der Waals surface area contributed by atoms with E-state index in [4.69, 9.17) is 9.47 Å². The van der Waals surface area contributed by atoms with Crippen LogP contribution in [0, 0.1) is 0 Å².